The monoisotopic (exact) mass is 861 g/mol. The average molecular weight is 862 g/mol. The van der Waals surface area contributed by atoms with Gasteiger partial charge in [0.25, 0.3) is 0 Å². The van der Waals surface area contributed by atoms with Crippen LogP contribution >= 0.6 is 7.82 Å². The van der Waals surface area contributed by atoms with Gasteiger partial charge in [0.15, 0.2) is 6.10 Å². The largest absolute Gasteiger partial charge is 0.480 e. The zero-order chi connectivity index (χ0) is 44.5. The molecule has 0 heterocycles. The topological polar surface area (TPSA) is 212 Å². The SMILES string of the molecule is CC/C=C\C/C=C\C/C=C\C/C=C\C/C=C\CCCC(=O)OC[C@H](COP(=O)(O)OC[C@H](N)C(=O)O)OC(=O)CCC[C@H](O)/C=C/C=C\C/C=C\C=C\[C@H](O)CCCCC. The first kappa shape index (κ1) is 56.1. The molecule has 13 nitrogen and oxygen atoms in total. The molecule has 1 unspecified atom stereocenters. The van der Waals surface area contributed by atoms with E-state index in [0.29, 0.717) is 19.3 Å². The van der Waals surface area contributed by atoms with Crippen LogP contribution in [0.5, 0.6) is 0 Å². The average Bonchev–Trinajstić information content (AvgIpc) is 3.21. The number of aliphatic hydroxyl groups excluding tert-OH is 2. The van der Waals surface area contributed by atoms with Gasteiger partial charge in [-0.1, -0.05) is 142 Å². The third-order valence-electron chi connectivity index (χ3n) is 8.21. The quantitative estimate of drug-likeness (QED) is 0.0130. The number of rotatable bonds is 37. The number of unbranched alkanes of at least 4 members (excludes halogenated alkanes) is 3. The molecule has 0 saturated heterocycles. The second-order valence-electron chi connectivity index (χ2n) is 13.8. The maximum Gasteiger partial charge on any atom is 0.472 e. The van der Waals surface area contributed by atoms with E-state index in [1.165, 1.54) is 0 Å². The summed E-state index contributed by atoms with van der Waals surface area (Å²) in [5.74, 6) is -2.73. The third kappa shape index (κ3) is 38.3. The lowest BCUT2D eigenvalue weighted by atomic mass is 10.1. The van der Waals surface area contributed by atoms with E-state index in [2.05, 4.69) is 67.0 Å². The Balaban J connectivity index is 4.74. The van der Waals surface area contributed by atoms with Crippen molar-refractivity contribution in [2.45, 2.75) is 141 Å². The number of phosphoric acid groups is 1. The smallest absolute Gasteiger partial charge is 0.472 e. The number of esters is 2. The molecule has 14 heteroatoms. The van der Waals surface area contributed by atoms with Crippen molar-refractivity contribution in [3.8, 4) is 0 Å². The molecule has 0 aromatic rings. The Hall–Kier alpha value is -3.94. The van der Waals surface area contributed by atoms with E-state index in [9.17, 15) is 34.1 Å². The predicted octanol–water partition coefficient (Wildman–Crippen LogP) is 9.00. The number of hydrogen-bond donors (Lipinski definition) is 5. The van der Waals surface area contributed by atoms with Gasteiger partial charge in [-0.15, -0.1) is 0 Å². The van der Waals surface area contributed by atoms with Crippen molar-refractivity contribution < 1.29 is 57.7 Å². The molecule has 0 fully saturated rings. The van der Waals surface area contributed by atoms with Crippen LogP contribution in [0, 0.1) is 0 Å². The Bertz CT molecular complexity index is 1460. The lowest BCUT2D eigenvalue weighted by Crippen LogP contribution is -2.34. The highest BCUT2D eigenvalue weighted by Gasteiger charge is 2.28. The van der Waals surface area contributed by atoms with Crippen LogP contribution in [0.25, 0.3) is 0 Å². The Morgan fingerprint density at radius 1 is 0.617 bits per heavy atom. The van der Waals surface area contributed by atoms with Crippen molar-refractivity contribution in [3.05, 3.63) is 109 Å². The summed E-state index contributed by atoms with van der Waals surface area (Å²) in [7, 11) is -4.80. The number of aliphatic hydroxyl groups is 2. The van der Waals surface area contributed by atoms with Gasteiger partial charge in [0.05, 0.1) is 25.4 Å². The van der Waals surface area contributed by atoms with Crippen LogP contribution in [0.2, 0.25) is 0 Å². The number of aliphatic carboxylic acids is 1. The van der Waals surface area contributed by atoms with E-state index >= 15 is 0 Å². The first-order valence-electron chi connectivity index (χ1n) is 21.1. The number of carboxylic acids is 1. The van der Waals surface area contributed by atoms with E-state index in [1.54, 1.807) is 24.3 Å². The lowest BCUT2D eigenvalue weighted by Gasteiger charge is -2.20. The van der Waals surface area contributed by atoms with Crippen LogP contribution in [0.1, 0.15) is 117 Å². The van der Waals surface area contributed by atoms with Gasteiger partial charge in [0, 0.05) is 12.8 Å². The number of carbonyl (C=O) groups excluding carboxylic acids is 2. The molecular formula is C46H72NO12P. The molecule has 0 bridgehead atoms. The number of ether oxygens (including phenoxy) is 2. The number of nitrogens with two attached hydrogens (primary N) is 1. The fourth-order valence-electron chi connectivity index (χ4n) is 4.84. The summed E-state index contributed by atoms with van der Waals surface area (Å²) in [6.45, 7) is 2.27. The Morgan fingerprint density at radius 2 is 1.12 bits per heavy atom. The summed E-state index contributed by atoms with van der Waals surface area (Å²) in [4.78, 5) is 45.9. The van der Waals surface area contributed by atoms with E-state index in [-0.39, 0.29) is 25.7 Å². The fourth-order valence-corrected chi connectivity index (χ4v) is 5.62. The molecule has 0 spiro atoms. The second-order valence-corrected chi connectivity index (χ2v) is 15.2. The molecule has 6 N–H and O–H groups in total. The van der Waals surface area contributed by atoms with Gasteiger partial charge in [0.2, 0.25) is 0 Å². The molecule has 0 saturated carbocycles. The van der Waals surface area contributed by atoms with Crippen molar-refractivity contribution in [2.75, 3.05) is 19.8 Å². The summed E-state index contributed by atoms with van der Waals surface area (Å²) in [5, 5.41) is 29.1. The highest BCUT2D eigenvalue weighted by atomic mass is 31.2. The number of carboxylic acid groups (broad SMARTS) is 1. The van der Waals surface area contributed by atoms with Gasteiger partial charge >= 0.3 is 25.7 Å². The molecule has 0 amide bonds. The molecule has 0 aromatic heterocycles. The molecule has 0 radical (unpaired) electrons. The molecule has 60 heavy (non-hydrogen) atoms. The van der Waals surface area contributed by atoms with Gasteiger partial charge in [-0.25, -0.2) is 4.57 Å². The van der Waals surface area contributed by atoms with Crippen LogP contribution in [0.3, 0.4) is 0 Å². The van der Waals surface area contributed by atoms with E-state index in [1.807, 2.05) is 36.5 Å². The lowest BCUT2D eigenvalue weighted by molar-refractivity contribution is -0.161. The van der Waals surface area contributed by atoms with Crippen molar-refractivity contribution in [2.24, 2.45) is 5.73 Å². The number of phosphoric ester groups is 1. The first-order valence-corrected chi connectivity index (χ1v) is 22.6. The normalized spacial score (nSPS) is 15.8. The van der Waals surface area contributed by atoms with E-state index in [4.69, 9.17) is 24.8 Å². The summed E-state index contributed by atoms with van der Waals surface area (Å²) in [6, 6.07) is -1.57. The Kier molecular flexibility index (Phi) is 36.6. The van der Waals surface area contributed by atoms with E-state index < -0.39 is 69.9 Å². The first-order chi connectivity index (χ1) is 28.9. The minimum Gasteiger partial charge on any atom is -0.480 e. The minimum absolute atomic E-state index is 0.0867. The zero-order valence-electron chi connectivity index (χ0n) is 35.7. The van der Waals surface area contributed by atoms with Gasteiger partial charge in [0.1, 0.15) is 12.6 Å². The van der Waals surface area contributed by atoms with Crippen molar-refractivity contribution >= 4 is 25.7 Å². The molecule has 0 aromatic carbocycles. The maximum atomic E-state index is 12.6. The van der Waals surface area contributed by atoms with Gasteiger partial charge in [-0.3, -0.25) is 23.4 Å². The summed E-state index contributed by atoms with van der Waals surface area (Å²) >= 11 is 0. The van der Waals surface area contributed by atoms with Crippen LogP contribution in [-0.4, -0.2) is 82.3 Å². The maximum absolute atomic E-state index is 12.6. The zero-order valence-corrected chi connectivity index (χ0v) is 36.6. The van der Waals surface area contributed by atoms with Crippen molar-refractivity contribution in [3.63, 3.8) is 0 Å². The molecule has 5 atom stereocenters. The van der Waals surface area contributed by atoms with Crippen LogP contribution in [0.15, 0.2) is 109 Å². The van der Waals surface area contributed by atoms with Gasteiger partial charge < -0.3 is 35.4 Å². The number of carbonyl (C=O) groups is 3. The van der Waals surface area contributed by atoms with Crippen molar-refractivity contribution in [1.29, 1.82) is 0 Å². The van der Waals surface area contributed by atoms with Gasteiger partial charge in [-0.05, 0) is 70.6 Å². The molecule has 0 aliphatic rings. The summed E-state index contributed by atoms with van der Waals surface area (Å²) < 4.78 is 32.4. The third-order valence-corrected chi connectivity index (χ3v) is 9.16. The van der Waals surface area contributed by atoms with Gasteiger partial charge in [-0.2, -0.15) is 0 Å². The van der Waals surface area contributed by atoms with Crippen LogP contribution in [0.4, 0.5) is 0 Å². The number of hydrogen-bond acceptors (Lipinski definition) is 11. The molecular weight excluding hydrogens is 789 g/mol. The predicted molar refractivity (Wildman–Crippen MR) is 238 cm³/mol. The van der Waals surface area contributed by atoms with Crippen LogP contribution in [-0.2, 0) is 37.5 Å². The number of allylic oxidation sites excluding steroid dienone is 16. The Morgan fingerprint density at radius 3 is 1.67 bits per heavy atom. The Labute approximate surface area is 358 Å². The summed E-state index contributed by atoms with van der Waals surface area (Å²) in [6.07, 6.45) is 43.8. The standard InChI is InChI=1S/C46H72NO12P/c1-3-5-7-8-9-10-11-12-13-14-15-16-17-18-22-25-29-35-44(50)56-37-42(38-57-60(54,55)58-39-43(47)46(52)53)59-45(51)36-30-34-41(49)33-28-24-21-19-20-23-27-32-40(48)31-26-6-4-2/h5,7,9-10,12-13,15-16,18,20-24,27-28,32-33,40-43,48-49H,3-4,6,8,11,14,17,19,25-26,29-31,34-39,47H2,1-2H3,(H,52,53)(H,54,55)/b7-5-,10-9-,13-12-,16-15-,22-18-,23-20-,24-21-,32-27+,33-28+/t40-,41-,42-,43+/m1/s1. The summed E-state index contributed by atoms with van der Waals surface area (Å²) in [5.41, 5.74) is 5.31. The second kappa shape index (κ2) is 39.2. The molecule has 338 valence electrons. The van der Waals surface area contributed by atoms with Crippen molar-refractivity contribution in [1.82, 2.24) is 0 Å². The highest BCUT2D eigenvalue weighted by molar-refractivity contribution is 7.47. The fraction of sp³-hybridized carbons (Fsp3) is 0.543. The molecule has 0 rings (SSSR count). The van der Waals surface area contributed by atoms with E-state index in [0.717, 1.165) is 57.8 Å². The van der Waals surface area contributed by atoms with Crippen LogP contribution < -0.4 is 5.73 Å². The molecule has 0 aliphatic heterocycles. The highest BCUT2D eigenvalue weighted by Crippen LogP contribution is 2.43. The minimum atomic E-state index is -4.80. The molecule has 0 aliphatic carbocycles.